The maximum Gasteiger partial charge on any atom is 0.203 e. The van der Waals surface area contributed by atoms with Crippen molar-refractivity contribution in [1.29, 1.82) is 0 Å². The molecule has 4 rings (SSSR count). The minimum Gasteiger partial charge on any atom is -0.493 e. The molecule has 0 aliphatic carbocycles. The minimum atomic E-state index is -0.138. The summed E-state index contributed by atoms with van der Waals surface area (Å²) < 4.78 is 45.5. The Balaban J connectivity index is 1.64. The SMILES string of the molecule is COc1cc([C@H]2OC[C@H]3[C@H]2CO[C@@H]3c2cc(OC)c(OC)c(OC)c2)cc(OC)c1OC. The lowest BCUT2D eigenvalue weighted by Crippen LogP contribution is -2.15. The molecule has 0 radical (unpaired) electrons. The molecule has 0 aromatic heterocycles. The van der Waals surface area contributed by atoms with Crippen molar-refractivity contribution in [1.82, 2.24) is 0 Å². The van der Waals surface area contributed by atoms with Crippen LogP contribution in [0.25, 0.3) is 0 Å². The zero-order chi connectivity index (χ0) is 22.8. The van der Waals surface area contributed by atoms with Gasteiger partial charge >= 0.3 is 0 Å². The molecule has 2 aliphatic rings. The maximum absolute atomic E-state index is 6.27. The first-order valence-corrected chi connectivity index (χ1v) is 10.4. The summed E-state index contributed by atoms with van der Waals surface area (Å²) >= 11 is 0. The number of ether oxygens (including phenoxy) is 8. The molecule has 0 N–H and O–H groups in total. The number of hydrogen-bond donors (Lipinski definition) is 0. The Hall–Kier alpha value is -2.84. The molecule has 2 aromatic carbocycles. The quantitative estimate of drug-likeness (QED) is 0.606. The largest absolute Gasteiger partial charge is 0.493 e. The lowest BCUT2D eigenvalue weighted by molar-refractivity contribution is 0.0190. The van der Waals surface area contributed by atoms with Gasteiger partial charge in [-0.05, 0) is 35.4 Å². The average Bonchev–Trinajstić information content (AvgIpc) is 3.44. The van der Waals surface area contributed by atoms with E-state index >= 15 is 0 Å². The van der Waals surface area contributed by atoms with Crippen LogP contribution in [0, 0.1) is 11.8 Å². The fourth-order valence-corrected chi connectivity index (χ4v) is 4.77. The van der Waals surface area contributed by atoms with Gasteiger partial charge in [0.1, 0.15) is 0 Å². The van der Waals surface area contributed by atoms with Crippen LogP contribution >= 0.6 is 0 Å². The molecule has 4 atom stereocenters. The molecule has 8 nitrogen and oxygen atoms in total. The molecule has 0 saturated carbocycles. The van der Waals surface area contributed by atoms with Crippen LogP contribution in [0.15, 0.2) is 24.3 Å². The Kier molecular flexibility index (Phi) is 6.53. The summed E-state index contributed by atoms with van der Waals surface area (Å²) in [6, 6.07) is 7.78. The zero-order valence-corrected chi connectivity index (χ0v) is 19.3. The second-order valence-electron chi connectivity index (χ2n) is 7.75. The predicted octanol–water partition coefficient (Wildman–Crippen LogP) is 3.81. The fourth-order valence-electron chi connectivity index (χ4n) is 4.77. The Morgan fingerprint density at radius 1 is 0.531 bits per heavy atom. The highest BCUT2D eigenvalue weighted by atomic mass is 16.5. The van der Waals surface area contributed by atoms with Crippen LogP contribution in [-0.2, 0) is 9.47 Å². The summed E-state index contributed by atoms with van der Waals surface area (Å²) in [4.78, 5) is 0. The molecular weight excluding hydrogens is 416 g/mol. The normalized spacial score (nSPS) is 24.1. The van der Waals surface area contributed by atoms with Crippen LogP contribution in [0.3, 0.4) is 0 Å². The van der Waals surface area contributed by atoms with E-state index in [-0.39, 0.29) is 24.0 Å². The predicted molar refractivity (Wildman–Crippen MR) is 117 cm³/mol. The molecule has 8 heteroatoms. The number of benzene rings is 2. The van der Waals surface area contributed by atoms with Gasteiger partial charge in [0.2, 0.25) is 11.5 Å². The van der Waals surface area contributed by atoms with Gasteiger partial charge in [0.25, 0.3) is 0 Å². The number of methoxy groups -OCH3 is 6. The Morgan fingerprint density at radius 2 is 0.844 bits per heavy atom. The Bertz CT molecular complexity index is 832. The van der Waals surface area contributed by atoms with Crippen molar-refractivity contribution < 1.29 is 37.9 Å². The molecule has 174 valence electrons. The van der Waals surface area contributed by atoms with Gasteiger partial charge in [-0.2, -0.15) is 0 Å². The molecule has 2 aliphatic heterocycles. The van der Waals surface area contributed by atoms with Crippen molar-refractivity contribution in [2.75, 3.05) is 55.9 Å². The van der Waals surface area contributed by atoms with E-state index in [0.717, 1.165) is 11.1 Å². The van der Waals surface area contributed by atoms with Crippen LogP contribution in [-0.4, -0.2) is 55.9 Å². The molecule has 0 bridgehead atoms. The minimum absolute atomic E-state index is 0.138. The highest BCUT2D eigenvalue weighted by molar-refractivity contribution is 5.55. The zero-order valence-electron chi connectivity index (χ0n) is 19.3. The summed E-state index contributed by atoms with van der Waals surface area (Å²) in [6.45, 7) is 1.15. The smallest absolute Gasteiger partial charge is 0.203 e. The van der Waals surface area contributed by atoms with Crippen molar-refractivity contribution in [3.63, 3.8) is 0 Å². The van der Waals surface area contributed by atoms with Gasteiger partial charge in [-0.15, -0.1) is 0 Å². The Morgan fingerprint density at radius 3 is 1.09 bits per heavy atom. The first kappa shape index (κ1) is 22.4. The summed E-state index contributed by atoms with van der Waals surface area (Å²) in [5.41, 5.74) is 1.95. The third-order valence-electron chi connectivity index (χ3n) is 6.30. The van der Waals surface area contributed by atoms with E-state index < -0.39 is 0 Å². The maximum atomic E-state index is 6.27. The van der Waals surface area contributed by atoms with Gasteiger partial charge in [-0.3, -0.25) is 0 Å². The van der Waals surface area contributed by atoms with E-state index in [9.17, 15) is 0 Å². The number of rotatable bonds is 8. The second kappa shape index (κ2) is 9.34. The molecule has 0 unspecified atom stereocenters. The molecular formula is C24H30O8. The van der Waals surface area contributed by atoms with Crippen LogP contribution in [0.4, 0.5) is 0 Å². The van der Waals surface area contributed by atoms with Gasteiger partial charge in [0.05, 0.1) is 68.1 Å². The van der Waals surface area contributed by atoms with Crippen molar-refractivity contribution >= 4 is 0 Å². The van der Waals surface area contributed by atoms with Gasteiger partial charge in [-0.25, -0.2) is 0 Å². The van der Waals surface area contributed by atoms with Crippen molar-refractivity contribution in [3.8, 4) is 34.5 Å². The molecule has 2 heterocycles. The summed E-state index contributed by atoms with van der Waals surface area (Å²) in [5, 5.41) is 0. The Labute approximate surface area is 188 Å². The van der Waals surface area contributed by atoms with E-state index in [1.807, 2.05) is 24.3 Å². The summed E-state index contributed by atoms with van der Waals surface area (Å²) in [7, 11) is 9.62. The highest BCUT2D eigenvalue weighted by Crippen LogP contribution is 2.53. The molecule has 2 fully saturated rings. The van der Waals surface area contributed by atoms with Gasteiger partial charge in [0, 0.05) is 11.8 Å². The lowest BCUT2D eigenvalue weighted by atomic mass is 9.84. The topological polar surface area (TPSA) is 73.8 Å². The van der Waals surface area contributed by atoms with E-state index in [4.69, 9.17) is 37.9 Å². The highest BCUT2D eigenvalue weighted by Gasteiger charge is 2.48. The third kappa shape index (κ3) is 3.67. The van der Waals surface area contributed by atoms with E-state index in [1.54, 1.807) is 42.7 Å². The second-order valence-corrected chi connectivity index (χ2v) is 7.75. The van der Waals surface area contributed by atoms with Gasteiger partial charge in [0.15, 0.2) is 23.0 Å². The third-order valence-corrected chi connectivity index (χ3v) is 6.30. The van der Waals surface area contributed by atoms with Crippen molar-refractivity contribution in [3.05, 3.63) is 35.4 Å². The molecule has 0 spiro atoms. The average molecular weight is 446 g/mol. The number of hydrogen-bond acceptors (Lipinski definition) is 8. The molecule has 32 heavy (non-hydrogen) atoms. The fraction of sp³-hybridized carbons (Fsp3) is 0.500. The van der Waals surface area contributed by atoms with Gasteiger partial charge in [-0.1, -0.05) is 0 Å². The number of fused-ring (bicyclic) bond motifs is 1. The van der Waals surface area contributed by atoms with Crippen molar-refractivity contribution in [2.45, 2.75) is 12.2 Å². The van der Waals surface area contributed by atoms with Gasteiger partial charge < -0.3 is 37.9 Å². The van der Waals surface area contributed by atoms with E-state index in [1.165, 1.54) is 0 Å². The van der Waals surface area contributed by atoms with E-state index in [0.29, 0.717) is 47.7 Å². The van der Waals surface area contributed by atoms with Crippen LogP contribution in [0.1, 0.15) is 23.3 Å². The standard InChI is InChI=1S/C24H30O8/c1-25-17-7-13(8-18(26-2)23(17)29-5)21-15-11-32-22(16(15)12-31-21)14-9-19(27-3)24(30-6)20(10-14)28-4/h7-10,15-16,21-22H,11-12H2,1-6H3/t15-,16+,21-,22-/m1/s1. The molecule has 2 saturated heterocycles. The lowest BCUT2D eigenvalue weighted by Gasteiger charge is -2.20. The van der Waals surface area contributed by atoms with Crippen LogP contribution < -0.4 is 28.4 Å². The summed E-state index contributed by atoms with van der Waals surface area (Å²) in [6.07, 6.45) is -0.276. The molecule has 2 aromatic rings. The van der Waals surface area contributed by atoms with E-state index in [2.05, 4.69) is 0 Å². The van der Waals surface area contributed by atoms with Crippen LogP contribution in [0.2, 0.25) is 0 Å². The summed E-state index contributed by atoms with van der Waals surface area (Å²) in [5.74, 6) is 3.91. The monoisotopic (exact) mass is 446 g/mol. The van der Waals surface area contributed by atoms with Crippen molar-refractivity contribution in [2.24, 2.45) is 11.8 Å². The molecule has 0 amide bonds. The first-order chi connectivity index (χ1) is 15.6. The first-order valence-electron chi connectivity index (χ1n) is 10.4. The van der Waals surface area contributed by atoms with Crippen LogP contribution in [0.5, 0.6) is 34.5 Å².